The van der Waals surface area contributed by atoms with Crippen LogP contribution in [0.3, 0.4) is 0 Å². The van der Waals surface area contributed by atoms with Gasteiger partial charge in [0.15, 0.2) is 0 Å². The number of esters is 1. The van der Waals surface area contributed by atoms with Crippen LogP contribution in [0.25, 0.3) is 0 Å². The number of hydrogen-bond acceptors (Lipinski definition) is 3. The van der Waals surface area contributed by atoms with Crippen LogP contribution in [0.5, 0.6) is 0 Å². The molecule has 0 rings (SSSR count). The zero-order valence-electron chi connectivity index (χ0n) is 11.0. The van der Waals surface area contributed by atoms with E-state index in [1.54, 1.807) is 12.2 Å². The van der Waals surface area contributed by atoms with Crippen LogP contribution < -0.4 is 5.32 Å². The Hall–Kier alpha value is -1.58. The molecule has 0 saturated heterocycles. The third-order valence-electron chi connectivity index (χ3n) is 2.28. The fraction of sp³-hybridized carbons (Fsp3) is 0.571. The van der Waals surface area contributed by atoms with Gasteiger partial charge < -0.3 is 10.1 Å². The monoisotopic (exact) mass is 253 g/mol. The van der Waals surface area contributed by atoms with Crippen LogP contribution in [0, 0.1) is 0 Å². The molecule has 0 aliphatic heterocycles. The summed E-state index contributed by atoms with van der Waals surface area (Å²) < 4.78 is 5.00. The number of amides is 1. The lowest BCUT2D eigenvalue weighted by atomic mass is 10.2. The summed E-state index contributed by atoms with van der Waals surface area (Å²) in [6.45, 7) is 8.13. The van der Waals surface area contributed by atoms with Gasteiger partial charge in [-0.25, -0.2) is 0 Å². The Labute approximate surface area is 109 Å². The Balaban J connectivity index is 3.29. The van der Waals surface area contributed by atoms with E-state index < -0.39 is 0 Å². The molecule has 0 aromatic heterocycles. The van der Waals surface area contributed by atoms with Crippen LogP contribution in [-0.4, -0.2) is 25.0 Å². The van der Waals surface area contributed by atoms with Crippen molar-refractivity contribution in [2.45, 2.75) is 38.5 Å². The first-order chi connectivity index (χ1) is 8.70. The van der Waals surface area contributed by atoms with Gasteiger partial charge in [0.2, 0.25) is 5.91 Å². The smallest absolute Gasteiger partial charge is 0.306 e. The normalized spacial score (nSPS) is 9.56. The van der Waals surface area contributed by atoms with E-state index in [-0.39, 0.29) is 11.9 Å². The number of carbonyl (C=O) groups excluding carboxylic acids is 2. The quantitative estimate of drug-likeness (QED) is 0.349. The standard InChI is InChI=1S/C14H23NO3/c1-3-5-9-13(16)15-11-7-8-12-18-14(17)10-6-4-2/h3-4H,1-2,5-12H2,(H,15,16). The second-order valence-corrected chi connectivity index (χ2v) is 3.93. The SMILES string of the molecule is C=CCCC(=O)NCCCCOC(=O)CCC=C. The first-order valence-electron chi connectivity index (χ1n) is 6.34. The third kappa shape index (κ3) is 10.9. The second-order valence-electron chi connectivity index (χ2n) is 3.93. The number of unbranched alkanes of at least 4 members (excludes halogenated alkanes) is 1. The van der Waals surface area contributed by atoms with Crippen LogP contribution in [0.2, 0.25) is 0 Å². The van der Waals surface area contributed by atoms with E-state index in [2.05, 4.69) is 18.5 Å². The highest BCUT2D eigenvalue weighted by molar-refractivity contribution is 5.75. The van der Waals surface area contributed by atoms with E-state index in [0.717, 1.165) is 12.8 Å². The Morgan fingerprint density at radius 2 is 1.72 bits per heavy atom. The summed E-state index contributed by atoms with van der Waals surface area (Å²) in [7, 11) is 0. The Morgan fingerprint density at radius 3 is 2.39 bits per heavy atom. The van der Waals surface area contributed by atoms with E-state index in [9.17, 15) is 9.59 Å². The minimum atomic E-state index is -0.190. The van der Waals surface area contributed by atoms with Crippen molar-refractivity contribution in [1.82, 2.24) is 5.32 Å². The van der Waals surface area contributed by atoms with Crippen LogP contribution >= 0.6 is 0 Å². The molecule has 0 aliphatic carbocycles. The van der Waals surface area contributed by atoms with Gasteiger partial charge in [0.05, 0.1) is 6.61 Å². The molecule has 0 aliphatic rings. The number of rotatable bonds is 11. The molecule has 0 bridgehead atoms. The number of ether oxygens (including phenoxy) is 1. The first-order valence-corrected chi connectivity index (χ1v) is 6.34. The van der Waals surface area contributed by atoms with E-state index in [1.807, 2.05) is 0 Å². The van der Waals surface area contributed by atoms with Crippen molar-refractivity contribution in [2.24, 2.45) is 0 Å². The molecule has 4 heteroatoms. The van der Waals surface area contributed by atoms with Crippen LogP contribution in [0.4, 0.5) is 0 Å². The summed E-state index contributed by atoms with van der Waals surface area (Å²) in [4.78, 5) is 22.3. The van der Waals surface area contributed by atoms with Gasteiger partial charge in [-0.3, -0.25) is 9.59 Å². The Morgan fingerprint density at radius 1 is 1.06 bits per heavy atom. The topological polar surface area (TPSA) is 55.4 Å². The van der Waals surface area contributed by atoms with Gasteiger partial charge >= 0.3 is 5.97 Å². The largest absolute Gasteiger partial charge is 0.466 e. The first kappa shape index (κ1) is 16.4. The fourth-order valence-electron chi connectivity index (χ4n) is 1.25. The highest BCUT2D eigenvalue weighted by Gasteiger charge is 2.01. The summed E-state index contributed by atoms with van der Waals surface area (Å²) >= 11 is 0. The lowest BCUT2D eigenvalue weighted by molar-refractivity contribution is -0.143. The van der Waals surface area contributed by atoms with Crippen LogP contribution in [0.1, 0.15) is 38.5 Å². The lowest BCUT2D eigenvalue weighted by Gasteiger charge is -2.05. The van der Waals surface area contributed by atoms with Crippen molar-refractivity contribution in [2.75, 3.05) is 13.2 Å². The predicted molar refractivity (Wildman–Crippen MR) is 72.1 cm³/mol. The summed E-state index contributed by atoms with van der Waals surface area (Å²) in [5, 5.41) is 2.80. The fourth-order valence-corrected chi connectivity index (χ4v) is 1.25. The molecule has 1 N–H and O–H groups in total. The molecule has 0 spiro atoms. The van der Waals surface area contributed by atoms with E-state index in [1.165, 1.54) is 0 Å². The molecule has 102 valence electrons. The number of carbonyl (C=O) groups is 2. The van der Waals surface area contributed by atoms with Gasteiger partial charge in [-0.2, -0.15) is 0 Å². The van der Waals surface area contributed by atoms with Crippen molar-refractivity contribution < 1.29 is 14.3 Å². The molecule has 4 nitrogen and oxygen atoms in total. The zero-order valence-corrected chi connectivity index (χ0v) is 11.0. The maximum Gasteiger partial charge on any atom is 0.306 e. The van der Waals surface area contributed by atoms with Gasteiger partial charge in [0, 0.05) is 19.4 Å². The number of allylic oxidation sites excluding steroid dienone is 2. The zero-order chi connectivity index (χ0) is 13.6. The van der Waals surface area contributed by atoms with Crippen LogP contribution in [-0.2, 0) is 14.3 Å². The summed E-state index contributed by atoms with van der Waals surface area (Å²) in [5.74, 6) is -0.150. The molecule has 0 aromatic rings. The van der Waals surface area contributed by atoms with Gasteiger partial charge in [-0.05, 0) is 25.7 Å². The summed E-state index contributed by atoms with van der Waals surface area (Å²) in [6.07, 6.45) is 7.23. The summed E-state index contributed by atoms with van der Waals surface area (Å²) in [5.41, 5.74) is 0. The van der Waals surface area contributed by atoms with Gasteiger partial charge in [0.25, 0.3) is 0 Å². The van der Waals surface area contributed by atoms with Gasteiger partial charge in [-0.1, -0.05) is 12.2 Å². The molecule has 0 saturated carbocycles. The van der Waals surface area contributed by atoms with Crippen molar-refractivity contribution in [3.05, 3.63) is 25.3 Å². The Kier molecular flexibility index (Phi) is 10.8. The highest BCUT2D eigenvalue weighted by atomic mass is 16.5. The maximum atomic E-state index is 11.2. The van der Waals surface area contributed by atoms with Crippen molar-refractivity contribution in [3.63, 3.8) is 0 Å². The second kappa shape index (κ2) is 11.9. The van der Waals surface area contributed by atoms with E-state index in [0.29, 0.717) is 38.8 Å². The molecule has 0 unspecified atom stereocenters. The molecule has 18 heavy (non-hydrogen) atoms. The molecular formula is C14H23NO3. The maximum absolute atomic E-state index is 11.2. The van der Waals surface area contributed by atoms with Crippen molar-refractivity contribution in [3.8, 4) is 0 Å². The third-order valence-corrected chi connectivity index (χ3v) is 2.28. The minimum Gasteiger partial charge on any atom is -0.466 e. The number of nitrogens with one attached hydrogen (secondary N) is 1. The average Bonchev–Trinajstić information content (AvgIpc) is 2.37. The summed E-state index contributed by atoms with van der Waals surface area (Å²) in [6, 6.07) is 0. The van der Waals surface area contributed by atoms with Crippen molar-refractivity contribution >= 4 is 11.9 Å². The minimum absolute atomic E-state index is 0.0397. The molecule has 1 amide bonds. The molecule has 0 atom stereocenters. The van der Waals surface area contributed by atoms with Gasteiger partial charge in [-0.15, -0.1) is 13.2 Å². The molecule has 0 heterocycles. The molecule has 0 radical (unpaired) electrons. The van der Waals surface area contributed by atoms with Crippen LogP contribution in [0.15, 0.2) is 25.3 Å². The number of hydrogen-bond donors (Lipinski definition) is 1. The molecule has 0 aromatic carbocycles. The van der Waals surface area contributed by atoms with E-state index in [4.69, 9.17) is 4.74 Å². The van der Waals surface area contributed by atoms with Gasteiger partial charge in [0.1, 0.15) is 0 Å². The van der Waals surface area contributed by atoms with E-state index >= 15 is 0 Å². The Bertz CT molecular complexity index is 246. The predicted octanol–water partition coefficient (Wildman–Crippen LogP) is 2.36. The van der Waals surface area contributed by atoms with Crippen molar-refractivity contribution in [1.29, 1.82) is 0 Å². The molecular weight excluding hydrogens is 230 g/mol. The molecule has 0 fully saturated rings. The average molecular weight is 253 g/mol. The lowest BCUT2D eigenvalue weighted by Crippen LogP contribution is -2.24. The highest BCUT2D eigenvalue weighted by Crippen LogP contribution is 1.96.